The van der Waals surface area contributed by atoms with E-state index in [4.69, 9.17) is 39.0 Å². The van der Waals surface area contributed by atoms with Crippen LogP contribution in [0.3, 0.4) is 0 Å². The summed E-state index contributed by atoms with van der Waals surface area (Å²) in [5, 5.41) is 19.1. The Bertz CT molecular complexity index is 5160. The molecule has 0 bridgehead atoms. The molecule has 0 spiro atoms. The maximum Gasteiger partial charge on any atom is 0.250 e. The third-order valence-corrected chi connectivity index (χ3v) is 19.0. The molecule has 3 aliphatic rings. The van der Waals surface area contributed by atoms with Gasteiger partial charge in [0.05, 0.1) is 59.4 Å². The molecule has 102 heavy (non-hydrogen) atoms. The zero-order valence-corrected chi connectivity index (χ0v) is 58.4. The number of hydrogen-bond acceptors (Lipinski definition) is 19. The molecular formula is C79H92FN15O7. The molecule has 2 unspecified atom stereocenters. The summed E-state index contributed by atoms with van der Waals surface area (Å²) in [5.41, 5.74) is 21.6. The van der Waals surface area contributed by atoms with Gasteiger partial charge in [0.15, 0.2) is 17.3 Å². The third-order valence-electron chi connectivity index (χ3n) is 19.0. The zero-order chi connectivity index (χ0) is 71.1. The van der Waals surface area contributed by atoms with Crippen LogP contribution in [0.2, 0.25) is 0 Å². The van der Waals surface area contributed by atoms with E-state index in [9.17, 15) is 18.8 Å². The van der Waals surface area contributed by atoms with Gasteiger partial charge >= 0.3 is 0 Å². The summed E-state index contributed by atoms with van der Waals surface area (Å²) >= 11 is 0. The Hall–Kier alpha value is -10.9. The highest BCUT2D eigenvalue weighted by molar-refractivity contribution is 5.72. The molecule has 9 aromatic heterocycles. The Morgan fingerprint density at radius 3 is 1.61 bits per heavy atom. The predicted octanol–water partition coefficient (Wildman–Crippen LogP) is 15.5. The standard InChI is InChI=1S/C27H29N5O3.C26H26FN5O2.C26H27N5O2.5H2/c1-17(2)32-15-21(8-9-26(32)33)24-14-28-18(3)27(30-24)25-12-23(31-35-25)20-6-4-19(5-7-20)13-29-22-10-11-34-16-22;1-16-26(24-12-22(31-34-24)20-9-7-17(13-28-2)11-21(20)27)30-23(14-29-16)18-8-10-25(33)32(15-18)19-5-3-4-6-19;1-15(27)19-5-4-6-20(11-19)22-12-24(33-30-22)26-16(2)28-13-23(29-26)21-9-10-25(32)31(14-21)17(3)18-7-8-18;;;;;/h4-9,12,14-15,17,22,29H,10-11,13,16H2,1-3H3;7-12,14-15,19,28H,3-6,13H2,1-2H3;4-6,9-15,17-18H,7-8,27H2,1-3H3;5*1H/t22-;;;;;;;/m0......./s1. The van der Waals surface area contributed by atoms with E-state index >= 15 is 0 Å². The molecule has 532 valence electrons. The van der Waals surface area contributed by atoms with E-state index in [1.165, 1.54) is 24.5 Å². The van der Waals surface area contributed by atoms with Crippen LogP contribution in [0.1, 0.15) is 138 Å². The van der Waals surface area contributed by atoms with E-state index in [2.05, 4.69) is 60.1 Å². The van der Waals surface area contributed by atoms with Crippen LogP contribution in [0.25, 0.3) is 102 Å². The number of halogens is 1. The highest BCUT2D eigenvalue weighted by atomic mass is 19.1. The van der Waals surface area contributed by atoms with E-state index in [0.29, 0.717) is 92.6 Å². The second kappa shape index (κ2) is 31.0. The van der Waals surface area contributed by atoms with Crippen LogP contribution in [-0.4, -0.2) is 85.4 Å². The Labute approximate surface area is 596 Å². The van der Waals surface area contributed by atoms with E-state index in [0.717, 1.165) is 108 Å². The zero-order valence-electron chi connectivity index (χ0n) is 58.4. The van der Waals surface area contributed by atoms with Crippen molar-refractivity contribution in [3.05, 3.63) is 229 Å². The number of nitrogens with zero attached hydrogens (tertiary/aromatic N) is 12. The number of pyridine rings is 3. The quantitative estimate of drug-likeness (QED) is 0.0678. The number of benzene rings is 3. The fourth-order valence-corrected chi connectivity index (χ4v) is 12.8. The molecule has 0 amide bonds. The summed E-state index contributed by atoms with van der Waals surface area (Å²) < 4.78 is 42.3. The van der Waals surface area contributed by atoms with Gasteiger partial charge in [-0.05, 0) is 147 Å². The van der Waals surface area contributed by atoms with Crippen molar-refractivity contribution in [3.8, 4) is 102 Å². The Kier molecular flexibility index (Phi) is 21.1. The van der Waals surface area contributed by atoms with Crippen molar-refractivity contribution >= 4 is 0 Å². The molecule has 23 heteroatoms. The van der Waals surface area contributed by atoms with Gasteiger partial charge in [-0.2, -0.15) is 0 Å². The van der Waals surface area contributed by atoms with Crippen LogP contribution in [0.5, 0.6) is 0 Å². The summed E-state index contributed by atoms with van der Waals surface area (Å²) in [7, 11) is 1.82. The van der Waals surface area contributed by atoms with Gasteiger partial charge in [-0.1, -0.05) is 76.8 Å². The first kappa shape index (κ1) is 69.6. The van der Waals surface area contributed by atoms with E-state index in [1.54, 1.807) is 71.7 Å². The molecular weight excluding hydrogens is 1290 g/mol. The highest BCUT2D eigenvalue weighted by Gasteiger charge is 2.30. The number of ether oxygens (including phenoxy) is 1. The summed E-state index contributed by atoms with van der Waals surface area (Å²) in [6, 6.07) is 37.7. The average Bonchev–Trinajstić information content (AvgIpc) is 1.79. The lowest BCUT2D eigenvalue weighted by molar-refractivity contribution is 0.190. The van der Waals surface area contributed by atoms with Crippen molar-refractivity contribution in [3.63, 3.8) is 0 Å². The Morgan fingerprint density at radius 1 is 0.549 bits per heavy atom. The Balaban J connectivity index is 0.000000198. The first-order valence-electron chi connectivity index (χ1n) is 34.7. The van der Waals surface area contributed by atoms with Gasteiger partial charge in [0, 0.05) is 145 Å². The largest absolute Gasteiger partial charge is 0.380 e. The van der Waals surface area contributed by atoms with Gasteiger partial charge in [-0.15, -0.1) is 0 Å². The summed E-state index contributed by atoms with van der Waals surface area (Å²) in [4.78, 5) is 64.9. The van der Waals surface area contributed by atoms with Gasteiger partial charge < -0.3 is 48.4 Å². The molecule has 2 aliphatic carbocycles. The van der Waals surface area contributed by atoms with E-state index in [1.807, 2.05) is 131 Å². The lowest BCUT2D eigenvalue weighted by Crippen LogP contribution is -2.28. The number of rotatable bonds is 19. The van der Waals surface area contributed by atoms with Crippen molar-refractivity contribution in [2.24, 2.45) is 11.7 Å². The smallest absolute Gasteiger partial charge is 0.250 e. The van der Waals surface area contributed by atoms with E-state index < -0.39 is 0 Å². The second-order valence-electron chi connectivity index (χ2n) is 26.8. The molecule has 15 rings (SSSR count). The summed E-state index contributed by atoms with van der Waals surface area (Å²) in [6.45, 7) is 16.6. The number of nitrogens with two attached hydrogens (primary N) is 1. The topological polar surface area (TPSA) is 281 Å². The monoisotopic (exact) mass is 1380 g/mol. The van der Waals surface area contributed by atoms with Gasteiger partial charge in [0.1, 0.15) is 40.0 Å². The first-order chi connectivity index (χ1) is 49.4. The van der Waals surface area contributed by atoms with Crippen molar-refractivity contribution in [2.45, 2.75) is 137 Å². The van der Waals surface area contributed by atoms with Crippen LogP contribution in [0.15, 0.2) is 186 Å². The maximum absolute atomic E-state index is 14.7. The minimum Gasteiger partial charge on any atom is -0.380 e. The molecule has 22 nitrogen and oxygen atoms in total. The average molecular weight is 1380 g/mol. The molecule has 1 aliphatic heterocycles. The van der Waals surface area contributed by atoms with Crippen LogP contribution in [0.4, 0.5) is 4.39 Å². The van der Waals surface area contributed by atoms with Crippen LogP contribution in [-0.2, 0) is 17.8 Å². The first-order valence-corrected chi connectivity index (χ1v) is 34.7. The summed E-state index contributed by atoms with van der Waals surface area (Å²) in [5.74, 6) is 1.72. The molecule has 2 saturated carbocycles. The van der Waals surface area contributed by atoms with Gasteiger partial charge in [0.2, 0.25) is 0 Å². The molecule has 0 radical (unpaired) electrons. The fourth-order valence-electron chi connectivity index (χ4n) is 12.8. The lowest BCUT2D eigenvalue weighted by Gasteiger charge is -2.15. The minimum absolute atomic E-state index is 0. The van der Waals surface area contributed by atoms with E-state index in [-0.39, 0.29) is 53.8 Å². The summed E-state index contributed by atoms with van der Waals surface area (Å²) in [6.07, 6.45) is 18.4. The van der Waals surface area contributed by atoms with Crippen LogP contribution in [0, 0.1) is 32.5 Å². The van der Waals surface area contributed by atoms with Crippen LogP contribution < -0.4 is 33.0 Å². The Morgan fingerprint density at radius 2 is 1.07 bits per heavy atom. The SMILES string of the molecule is CNCc1ccc(-c2cc(-c3nc(-c4ccc(=O)n(C5CCCC5)c4)cnc3C)on2)c(F)c1.Cc1ncc(-c2ccc(=O)n(C(C)C)c2)nc1-c1cc(-c2ccc(CN[C@H]3CCOC3)cc2)no1.Cc1ncc(-c2ccc(=O)n(C(C)C3CC3)c2)nc1-c1cc(-c2cccc(C(C)N)c2)no1.[HH].[HH].[HH].[HH].[HH]. The lowest BCUT2D eigenvalue weighted by atomic mass is 10.0. The second-order valence-corrected chi connectivity index (χ2v) is 26.8. The van der Waals surface area contributed by atoms with Crippen LogP contribution >= 0.6 is 0 Å². The fraction of sp³-hybridized carbons (Fsp3) is 0.316. The number of aryl methyl sites for hydroxylation is 3. The molecule has 3 atom stereocenters. The molecule has 1 saturated heterocycles. The minimum atomic E-state index is -0.363. The van der Waals surface area contributed by atoms with Crippen molar-refractivity contribution < 1.29 is 29.8 Å². The molecule has 3 aromatic carbocycles. The number of nitrogens with one attached hydrogen (secondary N) is 2. The molecule has 4 N–H and O–H groups in total. The normalized spacial score (nSPS) is 15.1. The molecule has 12 aromatic rings. The van der Waals surface area contributed by atoms with Gasteiger partial charge in [0.25, 0.3) is 16.7 Å². The van der Waals surface area contributed by atoms with Crippen molar-refractivity contribution in [1.82, 2.24) is 69.7 Å². The van der Waals surface area contributed by atoms with Crippen molar-refractivity contribution in [1.29, 1.82) is 0 Å². The highest BCUT2D eigenvalue weighted by Crippen LogP contribution is 2.40. The molecule has 3 fully saturated rings. The number of aromatic nitrogens is 12. The van der Waals surface area contributed by atoms with Crippen molar-refractivity contribution in [2.75, 3.05) is 20.3 Å². The maximum atomic E-state index is 14.7. The predicted molar refractivity (Wildman–Crippen MR) is 399 cm³/mol. The third kappa shape index (κ3) is 16.0. The molecule has 10 heterocycles. The number of hydrogen-bond donors (Lipinski definition) is 3. The van der Waals surface area contributed by atoms with Gasteiger partial charge in [-0.3, -0.25) is 29.3 Å². The van der Waals surface area contributed by atoms with Gasteiger partial charge in [-0.25, -0.2) is 19.3 Å².